The third-order valence-corrected chi connectivity index (χ3v) is 5.05. The van der Waals surface area contributed by atoms with Gasteiger partial charge in [-0.25, -0.2) is 4.98 Å². The highest BCUT2D eigenvalue weighted by molar-refractivity contribution is 9.10. The number of amides is 1. The second kappa shape index (κ2) is 9.00. The Morgan fingerprint density at radius 2 is 2.16 bits per heavy atom. The fourth-order valence-electron chi connectivity index (χ4n) is 2.38. The third-order valence-electron chi connectivity index (χ3n) is 3.69. The summed E-state index contributed by atoms with van der Waals surface area (Å²) in [5, 5.41) is 6.15. The molecule has 0 bridgehead atoms. The zero-order chi connectivity index (χ0) is 18.4. The Balaban J connectivity index is 1.79. The lowest BCUT2D eigenvalue weighted by molar-refractivity contribution is 0.0957. The Bertz CT molecular complexity index is 754. The summed E-state index contributed by atoms with van der Waals surface area (Å²) in [6.07, 6.45) is 2.02. The molecule has 0 aliphatic rings. The van der Waals surface area contributed by atoms with Gasteiger partial charge in [-0.3, -0.25) is 9.79 Å². The maximum absolute atomic E-state index is 12.0. The first kappa shape index (κ1) is 19.5. The van der Waals surface area contributed by atoms with Gasteiger partial charge in [0.2, 0.25) is 0 Å². The molecule has 0 aromatic carbocycles. The summed E-state index contributed by atoms with van der Waals surface area (Å²) in [4.78, 5) is 23.1. The minimum Gasteiger partial charge on any atom is -0.354 e. The lowest BCUT2D eigenvalue weighted by Gasteiger charge is -2.22. The van der Waals surface area contributed by atoms with E-state index in [1.807, 2.05) is 32.1 Å². The van der Waals surface area contributed by atoms with Crippen LogP contribution in [0.3, 0.4) is 0 Å². The smallest absolute Gasteiger partial charge is 0.263 e. The predicted octanol–water partition coefficient (Wildman–Crippen LogP) is 1.99. The number of thiazole rings is 1. The summed E-state index contributed by atoms with van der Waals surface area (Å²) in [7, 11) is 5.75. The van der Waals surface area contributed by atoms with Gasteiger partial charge in [0.25, 0.3) is 5.91 Å². The van der Waals surface area contributed by atoms with Crippen molar-refractivity contribution in [2.24, 2.45) is 12.0 Å². The first-order valence-electron chi connectivity index (χ1n) is 7.83. The van der Waals surface area contributed by atoms with Gasteiger partial charge in [-0.2, -0.15) is 0 Å². The third kappa shape index (κ3) is 5.30. The van der Waals surface area contributed by atoms with E-state index in [1.54, 1.807) is 12.6 Å². The molecule has 1 amide bonds. The fraction of sp³-hybridized carbons (Fsp3) is 0.438. The zero-order valence-electron chi connectivity index (χ0n) is 14.8. The Morgan fingerprint density at radius 3 is 2.72 bits per heavy atom. The minimum atomic E-state index is -0.0844. The molecular formula is C16H23BrN6OS. The van der Waals surface area contributed by atoms with Crippen LogP contribution in [0.1, 0.15) is 21.1 Å². The zero-order valence-corrected chi connectivity index (χ0v) is 17.2. The van der Waals surface area contributed by atoms with Gasteiger partial charge in [0.15, 0.2) is 5.96 Å². The van der Waals surface area contributed by atoms with E-state index in [-0.39, 0.29) is 5.91 Å². The van der Waals surface area contributed by atoms with Crippen molar-refractivity contribution in [3.05, 3.63) is 38.5 Å². The van der Waals surface area contributed by atoms with E-state index in [0.29, 0.717) is 18.0 Å². The molecule has 7 nitrogen and oxygen atoms in total. The van der Waals surface area contributed by atoms with Gasteiger partial charge < -0.3 is 20.1 Å². The number of hydrogen-bond donors (Lipinski definition) is 2. The molecule has 0 aliphatic heterocycles. The molecule has 0 saturated heterocycles. The van der Waals surface area contributed by atoms with Crippen LogP contribution in [0.15, 0.2) is 27.2 Å². The summed E-state index contributed by atoms with van der Waals surface area (Å²) >= 11 is 4.84. The monoisotopic (exact) mass is 426 g/mol. The van der Waals surface area contributed by atoms with Crippen LogP contribution in [0.25, 0.3) is 0 Å². The quantitative estimate of drug-likeness (QED) is 0.420. The summed E-state index contributed by atoms with van der Waals surface area (Å²) in [5.74, 6) is 0.694. The molecule has 136 valence electrons. The van der Waals surface area contributed by atoms with E-state index < -0.39 is 0 Å². The molecule has 0 unspecified atom stereocenters. The molecule has 0 radical (unpaired) electrons. The summed E-state index contributed by atoms with van der Waals surface area (Å²) in [6, 6.07) is 2.08. The molecule has 2 N–H and O–H groups in total. The summed E-state index contributed by atoms with van der Waals surface area (Å²) < 4.78 is 3.13. The van der Waals surface area contributed by atoms with Crippen molar-refractivity contribution in [1.29, 1.82) is 0 Å². The number of halogens is 1. The number of hydrogen-bond acceptors (Lipinski definition) is 4. The first-order valence-corrected chi connectivity index (χ1v) is 9.50. The number of carbonyl (C=O) groups is 1. The molecular weight excluding hydrogens is 404 g/mol. The Hall–Kier alpha value is -1.87. The molecule has 2 aromatic rings. The van der Waals surface area contributed by atoms with Crippen molar-refractivity contribution in [3.8, 4) is 0 Å². The van der Waals surface area contributed by atoms with E-state index in [9.17, 15) is 4.79 Å². The summed E-state index contributed by atoms with van der Waals surface area (Å²) in [6.45, 7) is 3.67. The van der Waals surface area contributed by atoms with Gasteiger partial charge in [-0.15, -0.1) is 11.3 Å². The van der Waals surface area contributed by atoms with Crippen molar-refractivity contribution in [3.63, 3.8) is 0 Å². The minimum absolute atomic E-state index is 0.0844. The standard InChI is InChI=1S/C16H23BrN6OS/c1-11-14(25-10-21-11)15(24)19-5-6-20-16(18-2)23(4)9-13-7-12(17)8-22(13)3/h7-8,10H,5-6,9H2,1-4H3,(H,18,20)(H,19,24). The van der Waals surface area contributed by atoms with Crippen LogP contribution >= 0.6 is 27.3 Å². The van der Waals surface area contributed by atoms with E-state index in [4.69, 9.17) is 0 Å². The van der Waals surface area contributed by atoms with Crippen molar-refractivity contribution in [2.45, 2.75) is 13.5 Å². The van der Waals surface area contributed by atoms with Crippen LogP contribution in [-0.4, -0.2) is 53.5 Å². The maximum Gasteiger partial charge on any atom is 0.263 e. The van der Waals surface area contributed by atoms with Crippen LogP contribution < -0.4 is 10.6 Å². The lowest BCUT2D eigenvalue weighted by Crippen LogP contribution is -2.42. The molecule has 0 atom stereocenters. The molecule has 2 aromatic heterocycles. The maximum atomic E-state index is 12.0. The van der Waals surface area contributed by atoms with Gasteiger partial charge in [-0.1, -0.05) is 0 Å². The normalized spacial score (nSPS) is 11.5. The van der Waals surface area contributed by atoms with Crippen molar-refractivity contribution < 1.29 is 4.79 Å². The molecule has 0 aliphatic carbocycles. The van der Waals surface area contributed by atoms with Gasteiger partial charge >= 0.3 is 0 Å². The fourth-order valence-corrected chi connectivity index (χ4v) is 3.67. The average molecular weight is 427 g/mol. The Morgan fingerprint density at radius 1 is 1.44 bits per heavy atom. The van der Waals surface area contributed by atoms with Gasteiger partial charge in [0.05, 0.1) is 17.7 Å². The molecule has 2 rings (SSSR count). The largest absolute Gasteiger partial charge is 0.354 e. The highest BCUT2D eigenvalue weighted by Crippen LogP contribution is 2.15. The number of aromatic nitrogens is 2. The number of aryl methyl sites for hydroxylation is 2. The SMILES string of the molecule is CN=C(NCCNC(=O)c1scnc1C)N(C)Cc1cc(Br)cn1C. The number of aliphatic imine (C=N–C) groups is 1. The predicted molar refractivity (Wildman–Crippen MR) is 105 cm³/mol. The lowest BCUT2D eigenvalue weighted by atomic mass is 10.4. The average Bonchev–Trinajstić information content (AvgIpc) is 3.12. The first-order chi connectivity index (χ1) is 11.9. The summed E-state index contributed by atoms with van der Waals surface area (Å²) in [5.41, 5.74) is 3.62. The Labute approximate surface area is 160 Å². The molecule has 9 heteroatoms. The van der Waals surface area contributed by atoms with Crippen LogP contribution in [0, 0.1) is 6.92 Å². The van der Waals surface area contributed by atoms with Crippen LogP contribution in [0.4, 0.5) is 0 Å². The highest BCUT2D eigenvalue weighted by Gasteiger charge is 2.12. The number of rotatable bonds is 6. The topological polar surface area (TPSA) is 74.5 Å². The van der Waals surface area contributed by atoms with Crippen LogP contribution in [0.2, 0.25) is 0 Å². The van der Waals surface area contributed by atoms with Crippen molar-refractivity contribution in [1.82, 2.24) is 25.1 Å². The van der Waals surface area contributed by atoms with Gasteiger partial charge in [0, 0.05) is 50.6 Å². The second-order valence-corrected chi connectivity index (χ2v) is 7.38. The van der Waals surface area contributed by atoms with Gasteiger partial charge in [0.1, 0.15) is 4.88 Å². The molecule has 0 saturated carbocycles. The molecule has 0 spiro atoms. The van der Waals surface area contributed by atoms with Gasteiger partial charge in [-0.05, 0) is 28.9 Å². The van der Waals surface area contributed by atoms with E-state index >= 15 is 0 Å². The second-order valence-electron chi connectivity index (χ2n) is 5.61. The van der Waals surface area contributed by atoms with Crippen molar-refractivity contribution >= 4 is 39.1 Å². The van der Waals surface area contributed by atoms with Crippen LogP contribution in [0.5, 0.6) is 0 Å². The van der Waals surface area contributed by atoms with E-state index in [0.717, 1.165) is 22.7 Å². The van der Waals surface area contributed by atoms with E-state index in [1.165, 1.54) is 17.0 Å². The number of nitrogens with zero attached hydrogens (tertiary/aromatic N) is 4. The van der Waals surface area contributed by atoms with Crippen molar-refractivity contribution in [2.75, 3.05) is 27.2 Å². The molecule has 0 fully saturated rings. The van der Waals surface area contributed by atoms with Crippen LogP contribution in [-0.2, 0) is 13.6 Å². The van der Waals surface area contributed by atoms with E-state index in [2.05, 4.69) is 47.2 Å². The number of guanidine groups is 1. The number of carbonyl (C=O) groups excluding carboxylic acids is 1. The number of nitrogens with one attached hydrogen (secondary N) is 2. The highest BCUT2D eigenvalue weighted by atomic mass is 79.9. The molecule has 25 heavy (non-hydrogen) atoms. The Kier molecular flexibility index (Phi) is 7.01. The molecule has 2 heterocycles.